The summed E-state index contributed by atoms with van der Waals surface area (Å²) in [6, 6.07) is 29.6. The van der Waals surface area contributed by atoms with E-state index < -0.39 is 0 Å². The molecule has 146 valence electrons. The van der Waals surface area contributed by atoms with Crippen LogP contribution in [-0.4, -0.2) is 12.9 Å². The number of carbonyl (C=O) groups excluding carboxylic acids is 1. The summed E-state index contributed by atoms with van der Waals surface area (Å²) in [5.74, 6) is 1.45. The highest BCUT2D eigenvalue weighted by molar-refractivity contribution is 6.40. The third-order valence-corrected chi connectivity index (χ3v) is 5.47. The largest absolute Gasteiger partial charge is 0.497 e. The van der Waals surface area contributed by atoms with Gasteiger partial charge in [0.15, 0.2) is 5.78 Å². The van der Waals surface area contributed by atoms with Gasteiger partial charge in [0.05, 0.1) is 12.7 Å². The van der Waals surface area contributed by atoms with Gasteiger partial charge in [-0.3, -0.25) is 4.79 Å². The molecule has 1 aliphatic carbocycles. The van der Waals surface area contributed by atoms with E-state index in [1.54, 1.807) is 7.11 Å². The zero-order valence-corrected chi connectivity index (χ0v) is 16.6. The second kappa shape index (κ2) is 7.53. The molecule has 4 aromatic rings. The molecule has 0 saturated heterocycles. The van der Waals surface area contributed by atoms with Crippen LogP contribution < -0.4 is 4.74 Å². The summed E-state index contributed by atoms with van der Waals surface area (Å²) in [6.07, 6.45) is 0. The summed E-state index contributed by atoms with van der Waals surface area (Å²) < 4.78 is 11.5. The van der Waals surface area contributed by atoms with Crippen molar-refractivity contribution in [1.29, 1.82) is 0 Å². The van der Waals surface area contributed by atoms with Crippen LogP contribution in [0.2, 0.25) is 0 Å². The maximum Gasteiger partial charge on any atom is 0.198 e. The number of fused-ring (bicyclic) bond motifs is 2. The van der Waals surface area contributed by atoms with Crippen molar-refractivity contribution in [3.05, 3.63) is 113 Å². The van der Waals surface area contributed by atoms with Gasteiger partial charge in [0.1, 0.15) is 18.1 Å². The topological polar surface area (TPSA) is 35.5 Å². The Morgan fingerprint density at radius 1 is 0.700 bits per heavy atom. The van der Waals surface area contributed by atoms with Gasteiger partial charge in [-0.15, -0.1) is 0 Å². The summed E-state index contributed by atoms with van der Waals surface area (Å²) in [5.41, 5.74) is 4.07. The van der Waals surface area contributed by atoms with E-state index in [2.05, 4.69) is 18.2 Å². The predicted molar refractivity (Wildman–Crippen MR) is 119 cm³/mol. The van der Waals surface area contributed by atoms with Crippen LogP contribution in [0, 0.1) is 0 Å². The summed E-state index contributed by atoms with van der Waals surface area (Å²) in [7, 11) is 1.65. The maximum atomic E-state index is 13.4. The number of Topliss-reactive ketones (excluding diaryl/α,β-unsaturated/α-hetero) is 1. The Kier molecular flexibility index (Phi) is 4.56. The van der Waals surface area contributed by atoms with Crippen molar-refractivity contribution in [2.75, 3.05) is 7.11 Å². The molecule has 0 amide bonds. The first-order valence-corrected chi connectivity index (χ1v) is 9.88. The van der Waals surface area contributed by atoms with E-state index in [1.807, 2.05) is 72.8 Å². The van der Waals surface area contributed by atoms with E-state index in [0.29, 0.717) is 23.5 Å². The number of ether oxygens (including phenoxy) is 2. The highest BCUT2D eigenvalue weighted by Crippen LogP contribution is 2.41. The fourth-order valence-corrected chi connectivity index (χ4v) is 3.97. The Balaban J connectivity index is 1.61. The number of carbonyl (C=O) groups is 1. The Morgan fingerprint density at radius 3 is 2.17 bits per heavy atom. The van der Waals surface area contributed by atoms with Crippen molar-refractivity contribution in [3.63, 3.8) is 0 Å². The smallest absolute Gasteiger partial charge is 0.198 e. The van der Waals surface area contributed by atoms with E-state index in [-0.39, 0.29) is 5.78 Å². The van der Waals surface area contributed by atoms with E-state index >= 15 is 0 Å². The lowest BCUT2D eigenvalue weighted by molar-refractivity contribution is 0.105. The Bertz CT molecular complexity index is 1280. The number of hydrogen-bond acceptors (Lipinski definition) is 3. The van der Waals surface area contributed by atoms with Gasteiger partial charge in [0.25, 0.3) is 0 Å². The molecule has 1 aliphatic rings. The standard InChI is InChI=1S/C27H20O3/c1-29-20-15-13-18(14-16-20)17-30-27-24-11-5-4-10-23(24)26(28)25(27)22-12-6-8-19-7-2-3-9-21(19)22/h2-16H,17H2,1H3. The number of ketones is 1. The summed E-state index contributed by atoms with van der Waals surface area (Å²) in [5, 5.41) is 2.14. The minimum atomic E-state index is 0.00619. The molecular weight excluding hydrogens is 372 g/mol. The first kappa shape index (κ1) is 18.2. The number of methoxy groups -OCH3 is 1. The van der Waals surface area contributed by atoms with Crippen molar-refractivity contribution in [3.8, 4) is 5.75 Å². The summed E-state index contributed by atoms with van der Waals surface area (Å²) in [6.45, 7) is 0.370. The van der Waals surface area contributed by atoms with E-state index in [9.17, 15) is 4.79 Å². The lowest BCUT2D eigenvalue weighted by atomic mass is 9.96. The van der Waals surface area contributed by atoms with Crippen LogP contribution in [0.1, 0.15) is 27.0 Å². The maximum absolute atomic E-state index is 13.4. The third-order valence-electron chi connectivity index (χ3n) is 5.47. The SMILES string of the molecule is COc1ccc(COC2=C(c3cccc4ccccc34)C(=O)c3ccccc32)cc1. The van der Waals surface area contributed by atoms with Crippen LogP contribution in [0.4, 0.5) is 0 Å². The lowest BCUT2D eigenvalue weighted by Gasteiger charge is -2.13. The molecule has 0 bridgehead atoms. The molecule has 0 saturated carbocycles. The second-order valence-electron chi connectivity index (χ2n) is 7.24. The molecule has 0 spiro atoms. The number of hydrogen-bond donors (Lipinski definition) is 0. The average molecular weight is 392 g/mol. The highest BCUT2D eigenvalue weighted by Gasteiger charge is 2.32. The Hall–Kier alpha value is -3.85. The van der Waals surface area contributed by atoms with Gasteiger partial charge in [0.2, 0.25) is 0 Å². The third kappa shape index (κ3) is 3.05. The monoisotopic (exact) mass is 392 g/mol. The molecule has 0 unspecified atom stereocenters. The van der Waals surface area contributed by atoms with Crippen LogP contribution in [0.5, 0.6) is 5.75 Å². The van der Waals surface area contributed by atoms with Crippen molar-refractivity contribution in [2.24, 2.45) is 0 Å². The second-order valence-corrected chi connectivity index (χ2v) is 7.24. The predicted octanol–water partition coefficient (Wildman–Crippen LogP) is 6.13. The van der Waals surface area contributed by atoms with Crippen molar-refractivity contribution >= 4 is 27.9 Å². The molecule has 0 aromatic heterocycles. The normalized spacial score (nSPS) is 12.9. The van der Waals surface area contributed by atoms with Crippen LogP contribution in [-0.2, 0) is 11.3 Å². The molecule has 4 aromatic carbocycles. The Morgan fingerprint density at radius 2 is 1.37 bits per heavy atom. The number of rotatable bonds is 5. The minimum absolute atomic E-state index is 0.00619. The molecule has 0 radical (unpaired) electrons. The molecule has 0 N–H and O–H groups in total. The summed E-state index contributed by atoms with van der Waals surface area (Å²) >= 11 is 0. The van der Waals surface area contributed by atoms with Crippen molar-refractivity contribution in [1.82, 2.24) is 0 Å². The quantitative estimate of drug-likeness (QED) is 0.410. The van der Waals surface area contributed by atoms with Gasteiger partial charge < -0.3 is 9.47 Å². The first-order chi connectivity index (χ1) is 14.8. The molecular formula is C27H20O3. The Labute approximate surface area is 175 Å². The fourth-order valence-electron chi connectivity index (χ4n) is 3.97. The highest BCUT2D eigenvalue weighted by atomic mass is 16.5. The molecule has 0 fully saturated rings. The lowest BCUT2D eigenvalue weighted by Crippen LogP contribution is -2.00. The van der Waals surface area contributed by atoms with E-state index in [0.717, 1.165) is 33.2 Å². The first-order valence-electron chi connectivity index (χ1n) is 9.88. The molecule has 3 nitrogen and oxygen atoms in total. The van der Waals surface area contributed by atoms with Crippen LogP contribution in [0.3, 0.4) is 0 Å². The molecule has 0 atom stereocenters. The zero-order chi connectivity index (χ0) is 20.5. The molecule has 5 rings (SSSR count). The zero-order valence-electron chi connectivity index (χ0n) is 16.6. The van der Waals surface area contributed by atoms with Crippen molar-refractivity contribution in [2.45, 2.75) is 6.61 Å². The summed E-state index contributed by atoms with van der Waals surface area (Å²) in [4.78, 5) is 13.4. The fraction of sp³-hybridized carbons (Fsp3) is 0.0741. The van der Waals surface area contributed by atoms with Crippen LogP contribution >= 0.6 is 0 Å². The van der Waals surface area contributed by atoms with Gasteiger partial charge in [0, 0.05) is 11.1 Å². The van der Waals surface area contributed by atoms with Gasteiger partial charge in [-0.25, -0.2) is 0 Å². The number of allylic oxidation sites excluding steroid dienone is 1. The average Bonchev–Trinajstić information content (AvgIpc) is 3.09. The molecule has 0 aliphatic heterocycles. The van der Waals surface area contributed by atoms with Gasteiger partial charge in [-0.1, -0.05) is 78.9 Å². The van der Waals surface area contributed by atoms with Gasteiger partial charge in [-0.05, 0) is 34.0 Å². The number of benzene rings is 4. The van der Waals surface area contributed by atoms with E-state index in [4.69, 9.17) is 9.47 Å². The van der Waals surface area contributed by atoms with E-state index in [1.165, 1.54) is 0 Å². The van der Waals surface area contributed by atoms with Gasteiger partial charge in [-0.2, -0.15) is 0 Å². The van der Waals surface area contributed by atoms with Crippen LogP contribution in [0.15, 0.2) is 91.0 Å². The van der Waals surface area contributed by atoms with Crippen LogP contribution in [0.25, 0.3) is 22.1 Å². The molecule has 30 heavy (non-hydrogen) atoms. The molecule has 3 heteroatoms. The van der Waals surface area contributed by atoms with Gasteiger partial charge >= 0.3 is 0 Å². The minimum Gasteiger partial charge on any atom is -0.497 e. The van der Waals surface area contributed by atoms with Crippen molar-refractivity contribution < 1.29 is 14.3 Å². The molecule has 0 heterocycles.